The summed E-state index contributed by atoms with van der Waals surface area (Å²) in [7, 11) is 0. The maximum atomic E-state index is 13.7. The van der Waals surface area contributed by atoms with Crippen LogP contribution in [-0.4, -0.2) is 19.6 Å². The fourth-order valence-corrected chi connectivity index (χ4v) is 2.35. The zero-order valence-corrected chi connectivity index (χ0v) is 11.4. The zero-order valence-electron chi connectivity index (χ0n) is 10.7. The van der Waals surface area contributed by atoms with E-state index in [1.54, 1.807) is 24.3 Å². The maximum absolute atomic E-state index is 13.7. The normalized spacial score (nSPS) is 13.1. The standard InChI is InChI=1S/C15H14ClF3O/c16-13(7-8-20-9-15(18)19)11-5-6-14(17)12-4-2-1-3-10(11)12/h1-6,13,15H,7-9H2. The van der Waals surface area contributed by atoms with Gasteiger partial charge >= 0.3 is 0 Å². The number of rotatable bonds is 6. The predicted octanol–water partition coefficient (Wildman–Crippen LogP) is 4.93. The van der Waals surface area contributed by atoms with Gasteiger partial charge in [-0.15, -0.1) is 11.6 Å². The van der Waals surface area contributed by atoms with Crippen molar-refractivity contribution in [2.45, 2.75) is 18.2 Å². The number of alkyl halides is 3. The maximum Gasteiger partial charge on any atom is 0.261 e. The van der Waals surface area contributed by atoms with E-state index < -0.39 is 18.4 Å². The van der Waals surface area contributed by atoms with E-state index >= 15 is 0 Å². The first-order chi connectivity index (χ1) is 9.59. The summed E-state index contributed by atoms with van der Waals surface area (Å²) in [6, 6.07) is 10.0. The third-order valence-electron chi connectivity index (χ3n) is 3.00. The van der Waals surface area contributed by atoms with Crippen LogP contribution in [0, 0.1) is 5.82 Å². The van der Waals surface area contributed by atoms with Crippen molar-refractivity contribution >= 4 is 22.4 Å². The largest absolute Gasteiger partial charge is 0.375 e. The number of ether oxygens (including phenoxy) is 1. The molecule has 0 bridgehead atoms. The van der Waals surface area contributed by atoms with E-state index in [0.717, 1.165) is 10.9 Å². The van der Waals surface area contributed by atoms with Gasteiger partial charge in [-0.05, 0) is 23.4 Å². The molecular formula is C15H14ClF3O. The van der Waals surface area contributed by atoms with Gasteiger partial charge in [-0.2, -0.15) is 0 Å². The second kappa shape index (κ2) is 6.95. The highest BCUT2D eigenvalue weighted by Gasteiger charge is 2.13. The van der Waals surface area contributed by atoms with Crippen molar-refractivity contribution in [3.05, 3.63) is 47.8 Å². The van der Waals surface area contributed by atoms with Crippen molar-refractivity contribution in [1.29, 1.82) is 0 Å². The van der Waals surface area contributed by atoms with Crippen LogP contribution in [0.5, 0.6) is 0 Å². The Balaban J connectivity index is 2.10. The number of halogens is 4. The van der Waals surface area contributed by atoms with Gasteiger partial charge in [0.25, 0.3) is 6.43 Å². The highest BCUT2D eigenvalue weighted by molar-refractivity contribution is 6.21. The van der Waals surface area contributed by atoms with Crippen LogP contribution >= 0.6 is 11.6 Å². The molecule has 0 fully saturated rings. The molecule has 0 amide bonds. The second-order valence-corrected chi connectivity index (χ2v) is 4.93. The lowest BCUT2D eigenvalue weighted by atomic mass is 10.0. The Hall–Kier alpha value is -1.26. The van der Waals surface area contributed by atoms with Crippen molar-refractivity contribution in [3.63, 3.8) is 0 Å². The molecule has 1 atom stereocenters. The zero-order chi connectivity index (χ0) is 14.5. The average Bonchev–Trinajstić information content (AvgIpc) is 2.44. The molecule has 0 N–H and O–H groups in total. The van der Waals surface area contributed by atoms with Crippen LogP contribution in [-0.2, 0) is 4.74 Å². The summed E-state index contributed by atoms with van der Waals surface area (Å²) in [4.78, 5) is 0. The Kier molecular flexibility index (Phi) is 5.26. The quantitative estimate of drug-likeness (QED) is 0.543. The molecule has 0 aliphatic rings. The lowest BCUT2D eigenvalue weighted by Gasteiger charge is -2.13. The molecule has 2 aromatic carbocycles. The third-order valence-corrected chi connectivity index (χ3v) is 3.45. The van der Waals surface area contributed by atoms with Crippen LogP contribution in [0.2, 0.25) is 0 Å². The van der Waals surface area contributed by atoms with Crippen LogP contribution < -0.4 is 0 Å². The lowest BCUT2D eigenvalue weighted by molar-refractivity contribution is 0.0165. The van der Waals surface area contributed by atoms with E-state index in [1.165, 1.54) is 6.07 Å². The first kappa shape index (κ1) is 15.1. The highest BCUT2D eigenvalue weighted by Crippen LogP contribution is 2.32. The van der Waals surface area contributed by atoms with Crippen molar-refractivity contribution < 1.29 is 17.9 Å². The molecule has 1 unspecified atom stereocenters. The van der Waals surface area contributed by atoms with Crippen LogP contribution in [0.15, 0.2) is 36.4 Å². The van der Waals surface area contributed by atoms with E-state index in [1.807, 2.05) is 6.07 Å². The molecule has 0 saturated heterocycles. The molecule has 5 heteroatoms. The van der Waals surface area contributed by atoms with Gasteiger partial charge < -0.3 is 4.74 Å². The van der Waals surface area contributed by atoms with Crippen LogP contribution in [0.1, 0.15) is 17.4 Å². The van der Waals surface area contributed by atoms with Crippen molar-refractivity contribution in [1.82, 2.24) is 0 Å². The van der Waals surface area contributed by atoms with Crippen LogP contribution in [0.25, 0.3) is 10.8 Å². The van der Waals surface area contributed by atoms with Crippen molar-refractivity contribution in [2.24, 2.45) is 0 Å². The minimum absolute atomic E-state index is 0.143. The molecule has 20 heavy (non-hydrogen) atoms. The molecule has 0 saturated carbocycles. The molecule has 0 radical (unpaired) electrons. The summed E-state index contributed by atoms with van der Waals surface area (Å²) >= 11 is 6.26. The molecule has 0 aliphatic carbocycles. The van der Waals surface area contributed by atoms with E-state index in [4.69, 9.17) is 16.3 Å². The van der Waals surface area contributed by atoms with E-state index in [-0.39, 0.29) is 12.4 Å². The van der Waals surface area contributed by atoms with Crippen LogP contribution in [0.4, 0.5) is 13.2 Å². The lowest BCUT2D eigenvalue weighted by Crippen LogP contribution is -2.07. The topological polar surface area (TPSA) is 9.23 Å². The summed E-state index contributed by atoms with van der Waals surface area (Å²) < 4.78 is 42.4. The summed E-state index contributed by atoms with van der Waals surface area (Å²) in [5.74, 6) is -0.304. The first-order valence-electron chi connectivity index (χ1n) is 6.26. The van der Waals surface area contributed by atoms with Gasteiger partial charge in [0.2, 0.25) is 0 Å². The summed E-state index contributed by atoms with van der Waals surface area (Å²) in [5, 5.41) is 0.837. The average molecular weight is 303 g/mol. The third kappa shape index (κ3) is 3.64. The minimum Gasteiger partial charge on any atom is -0.375 e. The first-order valence-corrected chi connectivity index (χ1v) is 6.70. The molecule has 1 nitrogen and oxygen atoms in total. The SMILES string of the molecule is Fc1ccc(C(Cl)CCOCC(F)F)c2ccccc12. The van der Waals surface area contributed by atoms with Gasteiger partial charge in [0, 0.05) is 12.0 Å². The second-order valence-electron chi connectivity index (χ2n) is 4.40. The Morgan fingerprint density at radius 1 is 1.05 bits per heavy atom. The van der Waals surface area contributed by atoms with Gasteiger partial charge in [0.05, 0.1) is 5.38 Å². The molecule has 0 spiro atoms. The summed E-state index contributed by atoms with van der Waals surface area (Å²) in [5.41, 5.74) is 0.782. The van der Waals surface area contributed by atoms with Gasteiger partial charge in [0.15, 0.2) is 0 Å². The Labute approximate surface area is 120 Å². The van der Waals surface area contributed by atoms with Crippen LogP contribution in [0.3, 0.4) is 0 Å². The molecule has 0 aromatic heterocycles. The predicted molar refractivity (Wildman–Crippen MR) is 73.9 cm³/mol. The Bertz CT molecular complexity index is 574. The number of fused-ring (bicyclic) bond motifs is 1. The van der Waals surface area contributed by atoms with Gasteiger partial charge in [-0.25, -0.2) is 13.2 Å². The number of hydrogen-bond acceptors (Lipinski definition) is 1. The Morgan fingerprint density at radius 3 is 2.45 bits per heavy atom. The molecule has 2 rings (SSSR count). The van der Waals surface area contributed by atoms with Crippen molar-refractivity contribution in [2.75, 3.05) is 13.2 Å². The van der Waals surface area contributed by atoms with E-state index in [0.29, 0.717) is 11.8 Å². The van der Waals surface area contributed by atoms with E-state index in [9.17, 15) is 13.2 Å². The molecule has 2 aromatic rings. The van der Waals surface area contributed by atoms with Gasteiger partial charge in [0.1, 0.15) is 12.4 Å². The minimum atomic E-state index is -2.48. The smallest absolute Gasteiger partial charge is 0.261 e. The molecular weight excluding hydrogens is 289 g/mol. The molecule has 108 valence electrons. The van der Waals surface area contributed by atoms with Crippen molar-refractivity contribution in [3.8, 4) is 0 Å². The van der Waals surface area contributed by atoms with Gasteiger partial charge in [-0.1, -0.05) is 30.3 Å². The fraction of sp³-hybridized carbons (Fsp3) is 0.333. The number of benzene rings is 2. The summed E-state index contributed by atoms with van der Waals surface area (Å²) in [6.45, 7) is -0.446. The monoisotopic (exact) mass is 302 g/mol. The summed E-state index contributed by atoms with van der Waals surface area (Å²) in [6.07, 6.45) is -2.08. The number of hydrogen-bond donors (Lipinski definition) is 0. The Morgan fingerprint density at radius 2 is 1.75 bits per heavy atom. The molecule has 0 aliphatic heterocycles. The fourth-order valence-electron chi connectivity index (χ4n) is 2.07. The molecule has 0 heterocycles. The van der Waals surface area contributed by atoms with E-state index in [2.05, 4.69) is 0 Å². The van der Waals surface area contributed by atoms with Gasteiger partial charge in [-0.3, -0.25) is 0 Å². The highest BCUT2D eigenvalue weighted by atomic mass is 35.5.